The third-order valence-corrected chi connectivity index (χ3v) is 0.471. The first-order chi connectivity index (χ1) is 3.41. The van der Waals surface area contributed by atoms with Crippen LogP contribution in [-0.2, 0) is 4.74 Å². The molecule has 0 rings (SSSR count). The van der Waals surface area contributed by atoms with Crippen molar-refractivity contribution in [3.63, 3.8) is 0 Å². The molecular formula is C4H14FNO3. The normalized spacial score (nSPS) is 7.33. The molecule has 0 amide bonds. The zero-order chi connectivity index (χ0) is 5.54. The van der Waals surface area contributed by atoms with Gasteiger partial charge in [0.2, 0.25) is 0 Å². The molecule has 0 saturated carbocycles. The van der Waals surface area contributed by atoms with Crippen LogP contribution in [0.2, 0.25) is 0 Å². The van der Waals surface area contributed by atoms with Gasteiger partial charge in [0, 0.05) is 0 Å². The van der Waals surface area contributed by atoms with Crippen molar-refractivity contribution in [3.05, 3.63) is 0 Å². The van der Waals surface area contributed by atoms with E-state index in [1.165, 1.54) is 0 Å². The molecule has 0 aromatic heterocycles. The van der Waals surface area contributed by atoms with Gasteiger partial charge in [0.05, 0.1) is 26.4 Å². The van der Waals surface area contributed by atoms with E-state index in [-0.39, 0.29) is 24.1 Å². The van der Waals surface area contributed by atoms with Gasteiger partial charge in [-0.2, -0.15) is 0 Å². The van der Waals surface area contributed by atoms with Gasteiger partial charge in [0.1, 0.15) is 0 Å². The summed E-state index contributed by atoms with van der Waals surface area (Å²) in [6, 6.07) is 0. The van der Waals surface area contributed by atoms with Crippen molar-refractivity contribution in [1.29, 1.82) is 0 Å². The predicted molar refractivity (Wildman–Crippen MR) is 32.5 cm³/mol. The van der Waals surface area contributed by atoms with Crippen LogP contribution in [0.25, 0.3) is 0 Å². The van der Waals surface area contributed by atoms with Gasteiger partial charge in [-0.25, -0.2) is 0 Å². The number of hydrogen-bond donors (Lipinski definition) is 3. The Morgan fingerprint density at radius 2 is 1.33 bits per heavy atom. The van der Waals surface area contributed by atoms with E-state index in [0.29, 0.717) is 13.2 Å². The second-order valence-electron chi connectivity index (χ2n) is 1.06. The van der Waals surface area contributed by atoms with E-state index in [1.54, 1.807) is 0 Å². The Balaban J connectivity index is -0.000000180. The van der Waals surface area contributed by atoms with Crippen molar-refractivity contribution < 1.29 is 19.7 Å². The van der Waals surface area contributed by atoms with Crippen LogP contribution in [0, 0.1) is 0 Å². The van der Waals surface area contributed by atoms with Gasteiger partial charge >= 0.3 is 0 Å². The molecule has 0 aromatic rings. The number of hydrogen-bond acceptors (Lipinski definition) is 4. The molecule has 0 atom stereocenters. The van der Waals surface area contributed by atoms with E-state index in [4.69, 9.17) is 10.2 Å². The van der Waals surface area contributed by atoms with Crippen molar-refractivity contribution >= 4 is 0 Å². The molecule has 0 aromatic carbocycles. The maximum atomic E-state index is 8.09. The van der Waals surface area contributed by atoms with Gasteiger partial charge in [-0.15, -0.1) is 0 Å². The fraction of sp³-hybridized carbons (Fsp3) is 1.00. The third-order valence-electron chi connectivity index (χ3n) is 0.471. The maximum Gasteiger partial charge on any atom is 0.0698 e. The lowest BCUT2D eigenvalue weighted by molar-refractivity contribution is 0.0650. The molecule has 4 nitrogen and oxygen atoms in total. The molecule has 60 valence electrons. The zero-order valence-corrected chi connectivity index (χ0v) is 5.25. The highest BCUT2D eigenvalue weighted by Crippen LogP contribution is 1.68. The summed E-state index contributed by atoms with van der Waals surface area (Å²) in [4.78, 5) is 0. The highest BCUT2D eigenvalue weighted by molar-refractivity contribution is 4.24. The Labute approximate surface area is 53.4 Å². The zero-order valence-electron chi connectivity index (χ0n) is 5.25. The van der Waals surface area contributed by atoms with Crippen LogP contribution in [0.1, 0.15) is 0 Å². The van der Waals surface area contributed by atoms with Crippen LogP contribution in [0.3, 0.4) is 0 Å². The average molecular weight is 143 g/mol. The van der Waals surface area contributed by atoms with Crippen molar-refractivity contribution in [2.24, 2.45) is 0 Å². The number of rotatable bonds is 4. The van der Waals surface area contributed by atoms with Crippen molar-refractivity contribution in [2.75, 3.05) is 26.4 Å². The lowest BCUT2D eigenvalue weighted by atomic mass is 10.7. The molecular weight excluding hydrogens is 129 g/mol. The Bertz CT molecular complexity index is 35.0. The Morgan fingerprint density at radius 3 is 1.56 bits per heavy atom. The molecule has 5 N–H and O–H groups in total. The molecule has 0 fully saturated rings. The molecule has 0 heterocycles. The number of aliphatic hydroxyl groups excluding tert-OH is 2. The maximum absolute atomic E-state index is 8.09. The topological polar surface area (TPSA) is 84.7 Å². The minimum absolute atomic E-state index is 0. The van der Waals surface area contributed by atoms with E-state index in [1.807, 2.05) is 0 Å². The summed E-state index contributed by atoms with van der Waals surface area (Å²) in [5, 5.41) is 16.2. The minimum atomic E-state index is 0. The summed E-state index contributed by atoms with van der Waals surface area (Å²) in [6.45, 7) is 0.696. The summed E-state index contributed by atoms with van der Waals surface area (Å²) in [5.41, 5.74) is 0. The van der Waals surface area contributed by atoms with Crippen molar-refractivity contribution in [1.82, 2.24) is 6.15 Å². The molecule has 0 saturated heterocycles. The van der Waals surface area contributed by atoms with Gasteiger partial charge in [-0.3, -0.25) is 4.70 Å². The summed E-state index contributed by atoms with van der Waals surface area (Å²) in [6.07, 6.45) is 0. The van der Waals surface area contributed by atoms with Gasteiger partial charge < -0.3 is 21.1 Å². The van der Waals surface area contributed by atoms with E-state index in [2.05, 4.69) is 4.74 Å². The van der Waals surface area contributed by atoms with Gasteiger partial charge in [-0.1, -0.05) is 0 Å². The van der Waals surface area contributed by atoms with Crippen LogP contribution in [0.4, 0.5) is 4.70 Å². The fourth-order valence-electron chi connectivity index (χ4n) is 0.231. The monoisotopic (exact) mass is 143 g/mol. The second kappa shape index (κ2) is 15.7. The van der Waals surface area contributed by atoms with E-state index in [9.17, 15) is 0 Å². The molecule has 0 bridgehead atoms. The predicted octanol–water partition coefficient (Wildman–Crippen LogP) is -0.698. The summed E-state index contributed by atoms with van der Waals surface area (Å²) in [7, 11) is 0. The largest absolute Gasteiger partial charge is 0.394 e. The highest BCUT2D eigenvalue weighted by Gasteiger charge is 1.79. The summed E-state index contributed by atoms with van der Waals surface area (Å²) in [5.74, 6) is 0. The van der Waals surface area contributed by atoms with E-state index >= 15 is 0 Å². The van der Waals surface area contributed by atoms with Crippen molar-refractivity contribution in [3.8, 4) is 0 Å². The standard InChI is InChI=1S/C4H10O3.FH.H3N/c5-1-3-7-4-2-6;;/h5-6H,1-4H2;1H;1H3. The first-order valence-electron chi connectivity index (χ1n) is 2.21. The van der Waals surface area contributed by atoms with E-state index < -0.39 is 0 Å². The lowest BCUT2D eigenvalue weighted by Crippen LogP contribution is -2.03. The van der Waals surface area contributed by atoms with Gasteiger partial charge in [0.15, 0.2) is 0 Å². The molecule has 5 heteroatoms. The number of ether oxygens (including phenoxy) is 1. The fourth-order valence-corrected chi connectivity index (χ4v) is 0.231. The SMILES string of the molecule is F.N.OCCOCCO. The van der Waals surface area contributed by atoms with Crippen LogP contribution in [0.15, 0.2) is 0 Å². The molecule has 0 aliphatic heterocycles. The summed E-state index contributed by atoms with van der Waals surface area (Å²) < 4.78 is 4.63. The quantitative estimate of drug-likeness (QED) is 0.454. The Hall–Kier alpha value is -0.230. The van der Waals surface area contributed by atoms with Crippen LogP contribution >= 0.6 is 0 Å². The van der Waals surface area contributed by atoms with E-state index in [0.717, 1.165) is 0 Å². The number of halogens is 1. The second-order valence-corrected chi connectivity index (χ2v) is 1.06. The molecule has 9 heavy (non-hydrogen) atoms. The molecule has 0 aliphatic carbocycles. The molecule has 0 aliphatic rings. The van der Waals surface area contributed by atoms with Crippen molar-refractivity contribution in [2.45, 2.75) is 0 Å². The van der Waals surface area contributed by atoms with Crippen LogP contribution in [-0.4, -0.2) is 36.6 Å². The number of aliphatic hydroxyl groups is 2. The Kier molecular flexibility index (Phi) is 27.7. The van der Waals surface area contributed by atoms with Gasteiger partial charge in [0.25, 0.3) is 0 Å². The first-order valence-corrected chi connectivity index (χ1v) is 2.21. The van der Waals surface area contributed by atoms with Crippen LogP contribution in [0.5, 0.6) is 0 Å². The van der Waals surface area contributed by atoms with Gasteiger partial charge in [-0.05, 0) is 0 Å². The third kappa shape index (κ3) is 18.2. The Morgan fingerprint density at radius 1 is 1.00 bits per heavy atom. The lowest BCUT2D eigenvalue weighted by Gasteiger charge is -1.94. The highest BCUT2D eigenvalue weighted by atomic mass is 19.0. The smallest absolute Gasteiger partial charge is 0.0698 e. The average Bonchev–Trinajstić information content (AvgIpc) is 1.69. The molecule has 0 radical (unpaired) electrons. The van der Waals surface area contributed by atoms with Crippen LogP contribution < -0.4 is 6.15 Å². The minimum Gasteiger partial charge on any atom is -0.394 e. The molecule has 0 unspecified atom stereocenters. The first kappa shape index (κ1) is 15.9. The molecule has 0 spiro atoms. The summed E-state index contributed by atoms with van der Waals surface area (Å²) >= 11 is 0.